The summed E-state index contributed by atoms with van der Waals surface area (Å²) in [7, 11) is 3.13. The first-order chi connectivity index (χ1) is 14.5. The van der Waals surface area contributed by atoms with E-state index in [2.05, 4.69) is 37.2 Å². The predicted molar refractivity (Wildman–Crippen MR) is 122 cm³/mol. The molecule has 6 nitrogen and oxygen atoms in total. The molecule has 0 aliphatic carbocycles. The van der Waals surface area contributed by atoms with Crippen molar-refractivity contribution in [3.05, 3.63) is 62.0 Å². The second kappa shape index (κ2) is 12.4. The number of rotatable bonds is 10. The lowest BCUT2D eigenvalue weighted by atomic mass is 10.1. The maximum absolute atomic E-state index is 12.2. The van der Waals surface area contributed by atoms with E-state index in [1.807, 2.05) is 30.3 Å². The molecule has 0 saturated carbocycles. The summed E-state index contributed by atoms with van der Waals surface area (Å²) in [6.07, 6.45) is 2.18. The molecule has 1 amide bonds. The Morgan fingerprint density at radius 3 is 2.57 bits per heavy atom. The Morgan fingerprint density at radius 1 is 1.20 bits per heavy atom. The third-order valence-corrected chi connectivity index (χ3v) is 5.15. The van der Waals surface area contributed by atoms with Crippen LogP contribution in [0, 0.1) is 11.3 Å². The fourth-order valence-corrected chi connectivity index (χ4v) is 3.37. The topological polar surface area (TPSA) is 80.6 Å². The molecule has 8 heteroatoms. The van der Waals surface area contributed by atoms with Gasteiger partial charge in [-0.1, -0.05) is 28.1 Å². The highest BCUT2D eigenvalue weighted by molar-refractivity contribution is 9.10. The highest BCUT2D eigenvalue weighted by atomic mass is 79.9. The Balaban J connectivity index is 2.16. The van der Waals surface area contributed by atoms with Crippen molar-refractivity contribution < 1.29 is 19.0 Å². The smallest absolute Gasteiger partial charge is 0.261 e. The Hall–Kier alpha value is -2.34. The predicted octanol–water partition coefficient (Wildman–Crippen LogP) is 4.86. The van der Waals surface area contributed by atoms with Crippen LogP contribution in [0.5, 0.6) is 11.5 Å². The Morgan fingerprint density at radius 2 is 1.93 bits per heavy atom. The summed E-state index contributed by atoms with van der Waals surface area (Å²) < 4.78 is 18.0. The maximum atomic E-state index is 12.2. The minimum atomic E-state index is -0.431. The molecule has 0 atom stereocenters. The van der Waals surface area contributed by atoms with Gasteiger partial charge in [-0.05, 0) is 63.8 Å². The number of benzene rings is 2. The lowest BCUT2D eigenvalue weighted by Gasteiger charge is -2.14. The summed E-state index contributed by atoms with van der Waals surface area (Å²) >= 11 is 6.90. The first kappa shape index (κ1) is 23.9. The van der Waals surface area contributed by atoms with Crippen LogP contribution in [-0.2, 0) is 16.1 Å². The van der Waals surface area contributed by atoms with Gasteiger partial charge in [0.2, 0.25) is 0 Å². The summed E-state index contributed by atoms with van der Waals surface area (Å²) in [5.74, 6) is 0.602. The van der Waals surface area contributed by atoms with Crippen LogP contribution < -0.4 is 14.8 Å². The van der Waals surface area contributed by atoms with Crippen molar-refractivity contribution in [1.29, 1.82) is 5.26 Å². The molecule has 0 radical (unpaired) electrons. The van der Waals surface area contributed by atoms with Crippen molar-refractivity contribution in [2.24, 2.45) is 0 Å². The summed E-state index contributed by atoms with van der Waals surface area (Å²) in [5.41, 5.74) is 1.65. The van der Waals surface area contributed by atoms with Crippen molar-refractivity contribution in [2.45, 2.75) is 13.0 Å². The Labute approximate surface area is 193 Å². The average Bonchev–Trinajstić information content (AvgIpc) is 2.75. The fraction of sp³-hybridized carbons (Fsp3) is 0.273. The van der Waals surface area contributed by atoms with Crippen LogP contribution in [0.15, 0.2) is 50.9 Å². The normalized spacial score (nSPS) is 11.0. The van der Waals surface area contributed by atoms with E-state index < -0.39 is 5.91 Å². The Bertz CT molecular complexity index is 937. The van der Waals surface area contributed by atoms with Crippen molar-refractivity contribution in [1.82, 2.24) is 5.32 Å². The van der Waals surface area contributed by atoms with Crippen LogP contribution in [0.25, 0.3) is 6.08 Å². The summed E-state index contributed by atoms with van der Waals surface area (Å²) in [6, 6.07) is 13.3. The molecule has 2 rings (SSSR count). The van der Waals surface area contributed by atoms with E-state index >= 15 is 0 Å². The van der Waals surface area contributed by atoms with E-state index in [1.165, 1.54) is 13.2 Å². The molecule has 0 fully saturated rings. The first-order valence-electron chi connectivity index (χ1n) is 9.12. The number of amides is 1. The van der Waals surface area contributed by atoms with Gasteiger partial charge in [0, 0.05) is 24.7 Å². The molecular formula is C22H22Br2N2O4. The summed E-state index contributed by atoms with van der Waals surface area (Å²) in [4.78, 5) is 12.2. The van der Waals surface area contributed by atoms with Gasteiger partial charge in [0.15, 0.2) is 11.5 Å². The summed E-state index contributed by atoms with van der Waals surface area (Å²) in [6.45, 7) is 1.34. The largest absolute Gasteiger partial charge is 0.493 e. The number of ether oxygens (including phenoxy) is 3. The van der Waals surface area contributed by atoms with Crippen molar-refractivity contribution in [2.75, 3.05) is 27.4 Å². The van der Waals surface area contributed by atoms with Crippen LogP contribution >= 0.6 is 31.9 Å². The van der Waals surface area contributed by atoms with Gasteiger partial charge in [-0.3, -0.25) is 4.79 Å². The van der Waals surface area contributed by atoms with Crippen LogP contribution in [0.4, 0.5) is 0 Å². The van der Waals surface area contributed by atoms with E-state index in [9.17, 15) is 10.1 Å². The first-order valence-corrected chi connectivity index (χ1v) is 10.7. The van der Waals surface area contributed by atoms with E-state index in [4.69, 9.17) is 14.2 Å². The van der Waals surface area contributed by atoms with Gasteiger partial charge >= 0.3 is 0 Å². The van der Waals surface area contributed by atoms with Gasteiger partial charge in [-0.25, -0.2) is 0 Å². The zero-order chi connectivity index (χ0) is 21.9. The van der Waals surface area contributed by atoms with Crippen LogP contribution in [0.3, 0.4) is 0 Å². The number of carbonyl (C=O) groups is 1. The van der Waals surface area contributed by atoms with Crippen LogP contribution in [0.2, 0.25) is 0 Å². The highest BCUT2D eigenvalue weighted by Crippen LogP contribution is 2.37. The van der Waals surface area contributed by atoms with Gasteiger partial charge in [0.1, 0.15) is 18.2 Å². The molecule has 0 aliphatic heterocycles. The minimum absolute atomic E-state index is 0.00454. The molecule has 30 heavy (non-hydrogen) atoms. The average molecular weight is 538 g/mol. The number of halogens is 2. The molecule has 158 valence electrons. The zero-order valence-electron chi connectivity index (χ0n) is 16.7. The van der Waals surface area contributed by atoms with Gasteiger partial charge < -0.3 is 19.5 Å². The Kier molecular flexibility index (Phi) is 9.87. The van der Waals surface area contributed by atoms with E-state index in [1.54, 1.807) is 19.2 Å². The molecule has 0 spiro atoms. The van der Waals surface area contributed by atoms with Crippen LogP contribution in [0.1, 0.15) is 17.5 Å². The monoisotopic (exact) mass is 536 g/mol. The van der Waals surface area contributed by atoms with Gasteiger partial charge in [-0.2, -0.15) is 5.26 Å². The number of hydrogen-bond donors (Lipinski definition) is 1. The SMILES string of the molecule is COCCCNC(=O)/C(C#N)=C/c1cc(Br)c(OCc2ccc(Br)cc2)c(OC)c1. The highest BCUT2D eigenvalue weighted by Gasteiger charge is 2.14. The van der Waals surface area contributed by atoms with Gasteiger partial charge in [-0.15, -0.1) is 0 Å². The van der Waals surface area contributed by atoms with E-state index in [-0.39, 0.29) is 5.57 Å². The number of hydrogen-bond acceptors (Lipinski definition) is 5. The molecule has 1 N–H and O–H groups in total. The number of methoxy groups -OCH3 is 2. The number of nitriles is 1. The molecule has 0 heterocycles. The number of carbonyl (C=O) groups excluding carboxylic acids is 1. The molecule has 0 unspecified atom stereocenters. The lowest BCUT2D eigenvalue weighted by molar-refractivity contribution is -0.117. The second-order valence-electron chi connectivity index (χ2n) is 6.22. The molecule has 0 saturated heterocycles. The molecule has 0 aliphatic rings. The molecule has 0 aromatic heterocycles. The van der Waals surface area contributed by atoms with Gasteiger partial charge in [0.25, 0.3) is 5.91 Å². The van der Waals surface area contributed by atoms with E-state index in [0.717, 1.165) is 10.0 Å². The van der Waals surface area contributed by atoms with Crippen molar-refractivity contribution >= 4 is 43.8 Å². The minimum Gasteiger partial charge on any atom is -0.493 e. The zero-order valence-corrected chi connectivity index (χ0v) is 19.9. The molecular weight excluding hydrogens is 516 g/mol. The van der Waals surface area contributed by atoms with E-state index in [0.29, 0.717) is 47.7 Å². The second-order valence-corrected chi connectivity index (χ2v) is 7.99. The lowest BCUT2D eigenvalue weighted by Crippen LogP contribution is -2.26. The molecule has 2 aromatic carbocycles. The van der Waals surface area contributed by atoms with Crippen molar-refractivity contribution in [3.63, 3.8) is 0 Å². The molecule has 2 aromatic rings. The maximum Gasteiger partial charge on any atom is 0.261 e. The van der Waals surface area contributed by atoms with Gasteiger partial charge in [0.05, 0.1) is 11.6 Å². The summed E-state index contributed by atoms with van der Waals surface area (Å²) in [5, 5.41) is 12.1. The number of nitrogens with zero attached hydrogens (tertiary/aromatic N) is 1. The quantitative estimate of drug-likeness (QED) is 0.266. The van der Waals surface area contributed by atoms with Crippen molar-refractivity contribution in [3.8, 4) is 17.6 Å². The molecule has 0 bridgehead atoms. The standard InChI is InChI=1S/C22H22Br2N2O4/c1-28-9-3-8-26-22(27)17(13-25)10-16-11-19(24)21(20(12-16)29-2)30-14-15-4-6-18(23)7-5-15/h4-7,10-12H,3,8-9,14H2,1-2H3,(H,26,27)/b17-10+. The van der Waals surface area contributed by atoms with Crippen LogP contribution in [-0.4, -0.2) is 33.3 Å². The third kappa shape index (κ3) is 7.17. The number of nitrogens with one attached hydrogen (secondary N) is 1. The third-order valence-electron chi connectivity index (χ3n) is 4.04. The fourth-order valence-electron chi connectivity index (χ4n) is 2.53.